The van der Waals surface area contributed by atoms with Crippen LogP contribution in [0.1, 0.15) is 99.3 Å². The minimum atomic E-state index is -0.857. The van der Waals surface area contributed by atoms with E-state index in [1.807, 2.05) is 70.0 Å². The summed E-state index contributed by atoms with van der Waals surface area (Å²) in [5.41, 5.74) is 1.19. The molecule has 1 aromatic heterocycles. The van der Waals surface area contributed by atoms with Gasteiger partial charge in [-0.3, -0.25) is 28.9 Å². The van der Waals surface area contributed by atoms with E-state index in [1.54, 1.807) is 25.8 Å². The van der Waals surface area contributed by atoms with Crippen molar-refractivity contribution in [3.05, 3.63) is 51.5 Å². The predicted molar refractivity (Wildman–Crippen MR) is 203 cm³/mol. The summed E-state index contributed by atoms with van der Waals surface area (Å²) in [6, 6.07) is 7.48. The van der Waals surface area contributed by atoms with Crippen molar-refractivity contribution in [3.63, 3.8) is 0 Å². The van der Waals surface area contributed by atoms with Crippen LogP contribution in [0.3, 0.4) is 0 Å². The van der Waals surface area contributed by atoms with Crippen LogP contribution in [0.25, 0.3) is 0 Å². The molecule has 0 saturated carbocycles. The molecule has 53 heavy (non-hydrogen) atoms. The van der Waals surface area contributed by atoms with E-state index in [4.69, 9.17) is 9.47 Å². The molecule has 2 heterocycles. The number of carbonyl (C=O) groups is 5. The first kappa shape index (κ1) is 43.5. The highest BCUT2D eigenvalue weighted by Crippen LogP contribution is 2.33. The molecule has 0 bridgehead atoms. The fraction of sp³-hybridized carbons (Fsp3) is 0.641. The number of amides is 3. The second-order valence-corrected chi connectivity index (χ2v) is 16.2. The summed E-state index contributed by atoms with van der Waals surface area (Å²) in [6.07, 6.45) is 0.504. The maximum Gasteiger partial charge on any atom is 0.308 e. The third-order valence-electron chi connectivity index (χ3n) is 9.96. The number of aliphatic hydroxyl groups is 1. The van der Waals surface area contributed by atoms with Crippen LogP contribution in [-0.2, 0) is 35.1 Å². The predicted octanol–water partition coefficient (Wildman–Crippen LogP) is 4.07. The number of benzene rings is 1. The quantitative estimate of drug-likeness (QED) is 0.200. The number of esters is 2. The molecule has 1 aliphatic heterocycles. The fourth-order valence-electron chi connectivity index (χ4n) is 6.85. The molecule has 1 unspecified atom stereocenters. The minimum absolute atomic E-state index is 0.0791. The number of aromatic nitrogens is 1. The third-order valence-corrected chi connectivity index (χ3v) is 11.0. The van der Waals surface area contributed by atoms with Gasteiger partial charge in [-0.15, -0.1) is 11.3 Å². The zero-order valence-corrected chi connectivity index (χ0v) is 33.7. The van der Waals surface area contributed by atoms with Gasteiger partial charge in [0, 0.05) is 43.9 Å². The zero-order valence-electron chi connectivity index (χ0n) is 32.9. The van der Waals surface area contributed by atoms with Crippen molar-refractivity contribution in [2.24, 2.45) is 17.8 Å². The average Bonchev–Trinajstić information content (AvgIpc) is 3.50. The molecule has 13 nitrogen and oxygen atoms in total. The summed E-state index contributed by atoms with van der Waals surface area (Å²) in [6.45, 7) is 13.1. The Kier molecular flexibility index (Phi) is 16.4. The number of nitrogens with zero attached hydrogens (tertiary/aromatic N) is 3. The van der Waals surface area contributed by atoms with Gasteiger partial charge in [-0.2, -0.15) is 0 Å². The monoisotopic (exact) mass is 757 g/mol. The Balaban J connectivity index is 1.84. The number of piperidine rings is 1. The maximum atomic E-state index is 14.1. The molecule has 1 fully saturated rings. The molecule has 14 heteroatoms. The van der Waals surface area contributed by atoms with E-state index < -0.39 is 54.2 Å². The van der Waals surface area contributed by atoms with E-state index in [0.29, 0.717) is 42.1 Å². The Labute approximate surface area is 318 Å². The zero-order chi connectivity index (χ0) is 39.6. The smallest absolute Gasteiger partial charge is 0.308 e. The third kappa shape index (κ3) is 12.3. The number of hydrogen-bond donors (Lipinski definition) is 3. The molecule has 1 aromatic carbocycles. The van der Waals surface area contributed by atoms with E-state index >= 15 is 0 Å². The number of likely N-dealkylation sites (N-methyl/N-ethyl adjacent to an activating group) is 2. The van der Waals surface area contributed by atoms with Gasteiger partial charge in [-0.25, -0.2) is 4.98 Å². The molecule has 7 atom stereocenters. The van der Waals surface area contributed by atoms with Gasteiger partial charge in [0.2, 0.25) is 11.8 Å². The molecule has 3 amide bonds. The van der Waals surface area contributed by atoms with Crippen molar-refractivity contribution >= 4 is 41.0 Å². The molecular weight excluding hydrogens is 699 g/mol. The summed E-state index contributed by atoms with van der Waals surface area (Å²) in [5, 5.41) is 16.6. The number of rotatable bonds is 17. The van der Waals surface area contributed by atoms with Crippen molar-refractivity contribution in [1.29, 1.82) is 0 Å². The Bertz CT molecular complexity index is 1550. The van der Waals surface area contributed by atoms with Crippen molar-refractivity contribution in [3.8, 4) is 0 Å². The van der Waals surface area contributed by atoms with Crippen molar-refractivity contribution in [2.75, 3.05) is 27.7 Å². The van der Waals surface area contributed by atoms with Crippen molar-refractivity contribution in [2.45, 2.75) is 117 Å². The molecule has 0 spiro atoms. The van der Waals surface area contributed by atoms with E-state index in [-0.39, 0.29) is 41.7 Å². The first-order chi connectivity index (χ1) is 24.9. The highest BCUT2D eigenvalue weighted by molar-refractivity contribution is 7.12. The molecule has 3 N–H and O–H groups in total. The van der Waals surface area contributed by atoms with Gasteiger partial charge in [0.1, 0.15) is 16.7 Å². The molecule has 1 saturated heterocycles. The van der Waals surface area contributed by atoms with Crippen LogP contribution >= 0.6 is 11.3 Å². The molecule has 3 rings (SSSR count). The van der Waals surface area contributed by atoms with Crippen LogP contribution in [0.2, 0.25) is 0 Å². The van der Waals surface area contributed by atoms with Crippen molar-refractivity contribution < 1.29 is 38.6 Å². The molecule has 2 aromatic rings. The number of likely N-dealkylation sites (tertiary alicyclic amines) is 1. The molecule has 294 valence electrons. The van der Waals surface area contributed by atoms with Crippen LogP contribution in [0.5, 0.6) is 0 Å². The van der Waals surface area contributed by atoms with Crippen LogP contribution in [0, 0.1) is 24.7 Å². The molecule has 1 aliphatic rings. The maximum absolute atomic E-state index is 14.1. The standard InChI is InChI=1S/C39H59N5O8S/c1-22(2)30(44(9)38(49)33(23(3)4)41-35(47)31-20-29(46)16-17-43(31)8)21-32(52-26(7)45)37-42-34(25(6)53-37)36(48)40-28(18-24(5)39(50)51-10)19-27-14-12-11-13-15-27/h11-15,22-24,28-33,46H,16-21H2,1-10H3,(H,40,48)(H,41,47)/t24-,28+,29+,30?,31+,32+,33-/m0/s1. The van der Waals surface area contributed by atoms with E-state index in [9.17, 15) is 29.1 Å². The fourth-order valence-corrected chi connectivity index (χ4v) is 7.81. The van der Waals surface area contributed by atoms with Gasteiger partial charge >= 0.3 is 11.9 Å². The van der Waals surface area contributed by atoms with Crippen LogP contribution in [-0.4, -0.2) is 108 Å². The van der Waals surface area contributed by atoms with Crippen LogP contribution < -0.4 is 10.6 Å². The first-order valence-electron chi connectivity index (χ1n) is 18.5. The highest BCUT2D eigenvalue weighted by Gasteiger charge is 2.38. The summed E-state index contributed by atoms with van der Waals surface area (Å²) in [7, 11) is 4.86. The van der Waals surface area contributed by atoms with Gasteiger partial charge in [-0.1, -0.05) is 65.0 Å². The summed E-state index contributed by atoms with van der Waals surface area (Å²) in [5.74, 6) is -2.66. The highest BCUT2D eigenvalue weighted by atomic mass is 32.1. The number of hydrogen-bond acceptors (Lipinski definition) is 11. The lowest BCUT2D eigenvalue weighted by molar-refractivity contribution is -0.149. The largest absolute Gasteiger partial charge is 0.469 e. The lowest BCUT2D eigenvalue weighted by atomic mass is 9.93. The van der Waals surface area contributed by atoms with Gasteiger partial charge in [0.25, 0.3) is 5.91 Å². The van der Waals surface area contributed by atoms with E-state index in [2.05, 4.69) is 15.6 Å². The van der Waals surface area contributed by atoms with Gasteiger partial charge in [0.15, 0.2) is 6.10 Å². The minimum Gasteiger partial charge on any atom is -0.469 e. The Morgan fingerprint density at radius 1 is 1.04 bits per heavy atom. The van der Waals surface area contributed by atoms with Crippen molar-refractivity contribution in [1.82, 2.24) is 25.4 Å². The van der Waals surface area contributed by atoms with E-state index in [0.717, 1.165) is 5.56 Å². The number of ether oxygens (including phenoxy) is 2. The Morgan fingerprint density at radius 3 is 2.28 bits per heavy atom. The van der Waals surface area contributed by atoms with E-state index in [1.165, 1.54) is 25.4 Å². The summed E-state index contributed by atoms with van der Waals surface area (Å²) >= 11 is 1.25. The number of aryl methyl sites for hydroxylation is 1. The number of aliphatic hydroxyl groups excluding tert-OH is 1. The second-order valence-electron chi connectivity index (χ2n) is 15.0. The number of methoxy groups -OCH3 is 1. The lowest BCUT2D eigenvalue weighted by Crippen LogP contribution is -2.58. The molecular formula is C39H59N5O8S. The SMILES string of the molecule is COC(=O)[C@@H](C)C[C@H](Cc1ccccc1)NC(=O)c1nc([C@@H](CC(C(C)C)N(C)C(=O)[C@@H](NC(=O)[C@H]2C[C@H](O)CCN2C)C(C)C)OC(C)=O)sc1C. The summed E-state index contributed by atoms with van der Waals surface area (Å²) < 4.78 is 10.7. The van der Waals surface area contributed by atoms with Crippen LogP contribution in [0.4, 0.5) is 0 Å². The number of nitrogens with one attached hydrogen (secondary N) is 2. The summed E-state index contributed by atoms with van der Waals surface area (Å²) in [4.78, 5) is 74.7. The van der Waals surface area contributed by atoms with Gasteiger partial charge < -0.3 is 30.1 Å². The molecule has 0 radical (unpaired) electrons. The van der Waals surface area contributed by atoms with Crippen LogP contribution in [0.15, 0.2) is 30.3 Å². The second kappa shape index (κ2) is 20.0. The average molecular weight is 758 g/mol. The Hall–Kier alpha value is -3.88. The van der Waals surface area contributed by atoms with Gasteiger partial charge in [0.05, 0.1) is 25.2 Å². The Morgan fingerprint density at radius 2 is 1.70 bits per heavy atom. The first-order valence-corrected chi connectivity index (χ1v) is 19.3. The topological polar surface area (TPSA) is 167 Å². The normalized spacial score (nSPS) is 19.1. The number of thiazole rings is 1. The van der Waals surface area contributed by atoms with Gasteiger partial charge in [-0.05, 0) is 57.1 Å². The lowest BCUT2D eigenvalue weighted by Gasteiger charge is -2.38. The number of carbonyl (C=O) groups excluding carboxylic acids is 5. The molecule has 0 aliphatic carbocycles.